The van der Waals surface area contributed by atoms with Crippen LogP contribution in [-0.2, 0) is 15.8 Å². The molecule has 1 aromatic rings. The molecule has 2 rings (SSSR count). The quantitative estimate of drug-likeness (QED) is 0.786. The summed E-state index contributed by atoms with van der Waals surface area (Å²) in [6.45, 7) is 8.65. The summed E-state index contributed by atoms with van der Waals surface area (Å²) in [5, 5.41) is 2.89. The Morgan fingerprint density at radius 1 is 1.18 bits per heavy atom. The summed E-state index contributed by atoms with van der Waals surface area (Å²) in [7, 11) is 0. The number of alkyl halides is 3. The van der Waals surface area contributed by atoms with Gasteiger partial charge in [0, 0.05) is 31.5 Å². The van der Waals surface area contributed by atoms with E-state index in [9.17, 15) is 22.8 Å². The first-order chi connectivity index (χ1) is 13.0. The lowest BCUT2D eigenvalue weighted by molar-refractivity contribution is -0.137. The maximum absolute atomic E-state index is 13.1. The van der Waals surface area contributed by atoms with Crippen molar-refractivity contribution in [2.24, 2.45) is 17.8 Å². The van der Waals surface area contributed by atoms with E-state index in [0.29, 0.717) is 18.0 Å². The molecular weight excluding hydrogens is 369 g/mol. The number of amides is 2. The second kappa shape index (κ2) is 8.97. The lowest BCUT2D eigenvalue weighted by Crippen LogP contribution is -2.37. The van der Waals surface area contributed by atoms with Gasteiger partial charge < -0.3 is 10.2 Å². The van der Waals surface area contributed by atoms with Crippen molar-refractivity contribution in [3.05, 3.63) is 35.4 Å². The summed E-state index contributed by atoms with van der Waals surface area (Å²) >= 11 is 0. The monoisotopic (exact) mass is 398 g/mol. The maximum Gasteiger partial charge on any atom is 0.416 e. The molecule has 1 N–H and O–H groups in total. The van der Waals surface area contributed by atoms with Gasteiger partial charge in [-0.1, -0.05) is 45.9 Å². The Hall–Kier alpha value is -2.05. The van der Waals surface area contributed by atoms with Gasteiger partial charge in [-0.05, 0) is 24.0 Å². The summed E-state index contributed by atoms with van der Waals surface area (Å²) in [5.74, 6) is -1.11. The van der Waals surface area contributed by atoms with E-state index < -0.39 is 23.6 Å². The summed E-state index contributed by atoms with van der Waals surface area (Å²) in [4.78, 5) is 26.8. The van der Waals surface area contributed by atoms with Crippen LogP contribution in [0.4, 0.5) is 13.2 Å². The van der Waals surface area contributed by atoms with Crippen molar-refractivity contribution in [3.63, 3.8) is 0 Å². The van der Waals surface area contributed by atoms with Crippen LogP contribution in [0.5, 0.6) is 0 Å². The standard InChI is InChI=1S/C21H29F3N2O2/c1-13(2)8-9-25-19(27)18-12-26(20(28)14(3)4)11-17(18)15-6-5-7-16(10-15)21(22,23)24/h5-7,10,13-14,17-18H,8-9,11-12H2,1-4H3,(H,25,27)/t17-,18+/m0/s1. The number of likely N-dealkylation sites (tertiary alicyclic amines) is 1. The number of nitrogens with zero attached hydrogens (tertiary/aromatic N) is 1. The highest BCUT2D eigenvalue weighted by molar-refractivity contribution is 5.84. The normalized spacial score (nSPS) is 20.1. The predicted molar refractivity (Wildman–Crippen MR) is 102 cm³/mol. The van der Waals surface area contributed by atoms with Crippen molar-refractivity contribution < 1.29 is 22.8 Å². The van der Waals surface area contributed by atoms with Gasteiger partial charge in [0.05, 0.1) is 11.5 Å². The topological polar surface area (TPSA) is 49.4 Å². The molecule has 1 fully saturated rings. The van der Waals surface area contributed by atoms with E-state index in [1.807, 2.05) is 0 Å². The molecule has 0 unspecified atom stereocenters. The Morgan fingerprint density at radius 2 is 1.86 bits per heavy atom. The number of carbonyl (C=O) groups is 2. The fourth-order valence-electron chi connectivity index (χ4n) is 3.51. The van der Waals surface area contributed by atoms with E-state index >= 15 is 0 Å². The van der Waals surface area contributed by atoms with Crippen LogP contribution in [0.3, 0.4) is 0 Å². The first kappa shape index (κ1) is 22.2. The minimum Gasteiger partial charge on any atom is -0.356 e. The SMILES string of the molecule is CC(C)CCNC(=O)[C@@H]1CN(C(=O)C(C)C)C[C@H]1c1cccc(C(F)(F)F)c1. The third-order valence-electron chi connectivity index (χ3n) is 5.13. The Bertz CT molecular complexity index is 701. The van der Waals surface area contributed by atoms with Gasteiger partial charge in [0.2, 0.25) is 11.8 Å². The van der Waals surface area contributed by atoms with Crippen LogP contribution in [-0.4, -0.2) is 36.3 Å². The Morgan fingerprint density at radius 3 is 2.43 bits per heavy atom. The molecule has 4 nitrogen and oxygen atoms in total. The molecule has 0 saturated carbocycles. The molecule has 2 atom stereocenters. The maximum atomic E-state index is 13.1. The molecule has 1 aliphatic rings. The minimum absolute atomic E-state index is 0.0885. The summed E-state index contributed by atoms with van der Waals surface area (Å²) in [6, 6.07) is 5.09. The van der Waals surface area contributed by atoms with Crippen molar-refractivity contribution in [1.29, 1.82) is 0 Å². The Kier molecular flexibility index (Phi) is 7.12. The van der Waals surface area contributed by atoms with E-state index in [4.69, 9.17) is 0 Å². The molecule has 1 saturated heterocycles. The molecule has 1 aromatic carbocycles. The number of benzene rings is 1. The van der Waals surface area contributed by atoms with Crippen molar-refractivity contribution >= 4 is 11.8 Å². The van der Waals surface area contributed by atoms with Crippen LogP contribution >= 0.6 is 0 Å². The first-order valence-corrected chi connectivity index (χ1v) is 9.74. The van der Waals surface area contributed by atoms with E-state index in [-0.39, 0.29) is 30.8 Å². The van der Waals surface area contributed by atoms with Crippen LogP contribution < -0.4 is 5.32 Å². The van der Waals surface area contributed by atoms with E-state index in [1.54, 1.807) is 24.8 Å². The highest BCUT2D eigenvalue weighted by Gasteiger charge is 2.41. The zero-order chi connectivity index (χ0) is 21.1. The predicted octanol–water partition coefficient (Wildman–Crippen LogP) is 4.07. The van der Waals surface area contributed by atoms with Crippen molar-refractivity contribution in [1.82, 2.24) is 10.2 Å². The van der Waals surface area contributed by atoms with Crippen LogP contribution in [0.15, 0.2) is 24.3 Å². The van der Waals surface area contributed by atoms with Gasteiger partial charge in [-0.25, -0.2) is 0 Å². The molecule has 0 radical (unpaired) electrons. The highest BCUT2D eigenvalue weighted by Crippen LogP contribution is 2.37. The van der Waals surface area contributed by atoms with Gasteiger partial charge in [-0.3, -0.25) is 9.59 Å². The van der Waals surface area contributed by atoms with E-state index in [0.717, 1.165) is 18.6 Å². The zero-order valence-electron chi connectivity index (χ0n) is 16.8. The number of halogens is 3. The van der Waals surface area contributed by atoms with Gasteiger partial charge in [0.15, 0.2) is 0 Å². The average molecular weight is 398 g/mol. The fourth-order valence-corrected chi connectivity index (χ4v) is 3.51. The van der Waals surface area contributed by atoms with Gasteiger partial charge >= 0.3 is 6.18 Å². The first-order valence-electron chi connectivity index (χ1n) is 9.74. The van der Waals surface area contributed by atoms with Gasteiger partial charge in [-0.15, -0.1) is 0 Å². The molecule has 0 bridgehead atoms. The third kappa shape index (κ3) is 5.49. The second-order valence-electron chi connectivity index (χ2n) is 8.21. The highest BCUT2D eigenvalue weighted by atomic mass is 19.4. The molecule has 0 spiro atoms. The third-order valence-corrected chi connectivity index (χ3v) is 5.13. The van der Waals surface area contributed by atoms with Crippen LogP contribution in [0.2, 0.25) is 0 Å². The average Bonchev–Trinajstić information content (AvgIpc) is 3.05. The fraction of sp³-hybridized carbons (Fsp3) is 0.619. The number of hydrogen-bond donors (Lipinski definition) is 1. The summed E-state index contributed by atoms with van der Waals surface area (Å²) in [6.07, 6.45) is -3.63. The molecule has 0 aliphatic carbocycles. The van der Waals surface area contributed by atoms with E-state index in [2.05, 4.69) is 19.2 Å². The largest absolute Gasteiger partial charge is 0.416 e. The zero-order valence-corrected chi connectivity index (χ0v) is 16.8. The van der Waals surface area contributed by atoms with Gasteiger partial charge in [0.25, 0.3) is 0 Å². The summed E-state index contributed by atoms with van der Waals surface area (Å²) < 4.78 is 39.4. The molecule has 1 aliphatic heterocycles. The lowest BCUT2D eigenvalue weighted by Gasteiger charge is -2.19. The second-order valence-corrected chi connectivity index (χ2v) is 8.21. The molecule has 0 aromatic heterocycles. The Labute approximate surface area is 164 Å². The van der Waals surface area contributed by atoms with Crippen molar-refractivity contribution in [2.75, 3.05) is 19.6 Å². The van der Waals surface area contributed by atoms with Crippen molar-refractivity contribution in [2.45, 2.75) is 46.2 Å². The minimum atomic E-state index is -4.45. The molecular formula is C21H29F3N2O2. The van der Waals surface area contributed by atoms with Crippen molar-refractivity contribution in [3.8, 4) is 0 Å². The van der Waals surface area contributed by atoms with Crippen LogP contribution in [0.25, 0.3) is 0 Å². The molecule has 1 heterocycles. The number of rotatable bonds is 6. The van der Waals surface area contributed by atoms with Crippen LogP contribution in [0.1, 0.15) is 51.2 Å². The number of nitrogens with one attached hydrogen (secondary N) is 1. The number of carbonyl (C=O) groups excluding carboxylic acids is 2. The van der Waals surface area contributed by atoms with E-state index in [1.165, 1.54) is 6.07 Å². The number of hydrogen-bond acceptors (Lipinski definition) is 2. The molecule has 28 heavy (non-hydrogen) atoms. The Balaban J connectivity index is 2.26. The molecule has 2 amide bonds. The molecule has 156 valence electrons. The summed E-state index contributed by atoms with van der Waals surface area (Å²) in [5.41, 5.74) is -0.296. The van der Waals surface area contributed by atoms with Gasteiger partial charge in [-0.2, -0.15) is 13.2 Å². The lowest BCUT2D eigenvalue weighted by atomic mass is 9.87. The van der Waals surface area contributed by atoms with Crippen LogP contribution in [0, 0.1) is 17.8 Å². The molecule has 7 heteroatoms. The van der Waals surface area contributed by atoms with Gasteiger partial charge in [0.1, 0.15) is 0 Å². The smallest absolute Gasteiger partial charge is 0.356 e.